The topological polar surface area (TPSA) is 87.0 Å². The predicted octanol–water partition coefficient (Wildman–Crippen LogP) is 1.96. The Balaban J connectivity index is 1.89. The number of carbonyl (C=O) groups excluding carboxylic acids is 1. The largest absolute Gasteiger partial charge is 0.458 e. The Morgan fingerprint density at radius 1 is 1.40 bits per heavy atom. The van der Waals surface area contributed by atoms with E-state index in [4.69, 9.17) is 4.74 Å². The van der Waals surface area contributed by atoms with E-state index in [9.17, 15) is 20.1 Å². The minimum Gasteiger partial charge on any atom is -0.458 e. The molecule has 0 amide bonds. The standard InChI is InChI=1S/C20H30O5/c1-12-4-5-15-19(2,8-6-16(23)20(15,3)11-21)17(12)14(22)10-13-7-9-25-18(13)24/h7,14-17,21-23H,1,4-6,8-11H2,2-3H3. The Kier molecular flexibility index (Phi) is 4.86. The number of fused-ring (bicyclic) bond motifs is 1. The van der Waals surface area contributed by atoms with Gasteiger partial charge < -0.3 is 20.1 Å². The van der Waals surface area contributed by atoms with Crippen molar-refractivity contribution < 1.29 is 24.9 Å². The number of ether oxygens (including phenoxy) is 1. The number of hydrogen-bond acceptors (Lipinski definition) is 5. The summed E-state index contributed by atoms with van der Waals surface area (Å²) < 4.78 is 4.95. The Bertz CT molecular complexity index is 597. The van der Waals surface area contributed by atoms with E-state index in [1.807, 2.05) is 6.92 Å². The van der Waals surface area contributed by atoms with Gasteiger partial charge in [-0.3, -0.25) is 0 Å². The van der Waals surface area contributed by atoms with E-state index >= 15 is 0 Å². The molecule has 6 unspecified atom stereocenters. The van der Waals surface area contributed by atoms with Gasteiger partial charge in [-0.05, 0) is 43.1 Å². The van der Waals surface area contributed by atoms with E-state index in [1.165, 1.54) is 0 Å². The molecule has 0 aromatic rings. The lowest BCUT2D eigenvalue weighted by Gasteiger charge is -2.60. The molecule has 2 aliphatic carbocycles. The maximum atomic E-state index is 11.7. The van der Waals surface area contributed by atoms with Crippen molar-refractivity contribution >= 4 is 5.97 Å². The molecule has 5 nitrogen and oxygen atoms in total. The van der Waals surface area contributed by atoms with Crippen LogP contribution in [0.5, 0.6) is 0 Å². The maximum Gasteiger partial charge on any atom is 0.334 e. The molecule has 140 valence electrons. The normalized spacial score (nSPS) is 42.6. The monoisotopic (exact) mass is 350 g/mol. The summed E-state index contributed by atoms with van der Waals surface area (Å²) in [4.78, 5) is 11.7. The van der Waals surface area contributed by atoms with Gasteiger partial charge in [-0.15, -0.1) is 0 Å². The van der Waals surface area contributed by atoms with Crippen molar-refractivity contribution in [3.05, 3.63) is 23.8 Å². The van der Waals surface area contributed by atoms with Crippen LogP contribution in [0.4, 0.5) is 0 Å². The molecular weight excluding hydrogens is 320 g/mol. The Morgan fingerprint density at radius 2 is 2.12 bits per heavy atom. The highest BCUT2D eigenvalue weighted by Gasteiger charge is 2.59. The summed E-state index contributed by atoms with van der Waals surface area (Å²) in [5.74, 6) is -0.399. The van der Waals surface area contributed by atoms with Gasteiger partial charge in [-0.1, -0.05) is 26.0 Å². The third kappa shape index (κ3) is 2.86. The van der Waals surface area contributed by atoms with Crippen molar-refractivity contribution in [1.82, 2.24) is 0 Å². The molecule has 1 aliphatic heterocycles. The number of aliphatic hydroxyl groups is 3. The Labute approximate surface area is 149 Å². The molecule has 3 rings (SSSR count). The van der Waals surface area contributed by atoms with Gasteiger partial charge in [0, 0.05) is 23.3 Å². The number of cyclic esters (lactones) is 1. The lowest BCUT2D eigenvalue weighted by atomic mass is 9.45. The quantitative estimate of drug-likeness (QED) is 0.533. The van der Waals surface area contributed by atoms with Crippen LogP contribution in [-0.2, 0) is 9.53 Å². The number of esters is 1. The summed E-state index contributed by atoms with van der Waals surface area (Å²) in [5.41, 5.74) is 0.716. The Hall–Kier alpha value is -1.17. The van der Waals surface area contributed by atoms with Crippen molar-refractivity contribution in [2.45, 2.75) is 58.2 Å². The van der Waals surface area contributed by atoms with Gasteiger partial charge >= 0.3 is 5.97 Å². The second kappa shape index (κ2) is 6.53. The summed E-state index contributed by atoms with van der Waals surface area (Å²) in [6.07, 6.45) is 3.76. The number of aliphatic hydroxyl groups excluding tert-OH is 3. The van der Waals surface area contributed by atoms with E-state index < -0.39 is 17.6 Å². The molecule has 5 heteroatoms. The highest BCUT2D eigenvalue weighted by Crippen LogP contribution is 2.61. The van der Waals surface area contributed by atoms with Gasteiger partial charge in [-0.2, -0.15) is 0 Å². The summed E-state index contributed by atoms with van der Waals surface area (Å²) in [6, 6.07) is 0. The van der Waals surface area contributed by atoms with Crippen LogP contribution in [0.25, 0.3) is 0 Å². The van der Waals surface area contributed by atoms with Crippen LogP contribution in [0.15, 0.2) is 23.8 Å². The maximum absolute atomic E-state index is 11.7. The smallest absolute Gasteiger partial charge is 0.334 e. The number of rotatable bonds is 4. The van der Waals surface area contributed by atoms with Crippen molar-refractivity contribution in [1.29, 1.82) is 0 Å². The Morgan fingerprint density at radius 3 is 2.72 bits per heavy atom. The molecule has 0 spiro atoms. The predicted molar refractivity (Wildman–Crippen MR) is 93.6 cm³/mol. The fourth-order valence-corrected chi connectivity index (χ4v) is 5.75. The van der Waals surface area contributed by atoms with Gasteiger partial charge in [0.1, 0.15) is 6.61 Å². The van der Waals surface area contributed by atoms with E-state index in [-0.39, 0.29) is 42.9 Å². The van der Waals surface area contributed by atoms with Crippen LogP contribution in [-0.4, -0.2) is 46.7 Å². The first-order valence-electron chi connectivity index (χ1n) is 9.25. The van der Waals surface area contributed by atoms with Crippen LogP contribution >= 0.6 is 0 Å². The third-order valence-corrected chi connectivity index (χ3v) is 7.18. The summed E-state index contributed by atoms with van der Waals surface area (Å²) in [6.45, 7) is 8.53. The van der Waals surface area contributed by atoms with Gasteiger partial charge in [0.05, 0.1) is 18.8 Å². The van der Waals surface area contributed by atoms with Gasteiger partial charge in [0.25, 0.3) is 0 Å². The molecule has 0 radical (unpaired) electrons. The van der Waals surface area contributed by atoms with Crippen LogP contribution < -0.4 is 0 Å². The molecule has 6 atom stereocenters. The van der Waals surface area contributed by atoms with Crippen LogP contribution in [0, 0.1) is 22.7 Å². The second-order valence-corrected chi connectivity index (χ2v) is 8.55. The first-order chi connectivity index (χ1) is 11.7. The number of carbonyl (C=O) groups is 1. The first-order valence-corrected chi connectivity index (χ1v) is 9.25. The van der Waals surface area contributed by atoms with E-state index in [0.29, 0.717) is 12.0 Å². The molecule has 0 aromatic carbocycles. The molecule has 2 fully saturated rings. The molecule has 0 bridgehead atoms. The zero-order valence-corrected chi connectivity index (χ0v) is 15.2. The van der Waals surface area contributed by atoms with Gasteiger partial charge in [-0.25, -0.2) is 4.79 Å². The second-order valence-electron chi connectivity index (χ2n) is 8.55. The van der Waals surface area contributed by atoms with Crippen molar-refractivity contribution in [2.75, 3.05) is 13.2 Å². The average molecular weight is 350 g/mol. The lowest BCUT2D eigenvalue weighted by Crippen LogP contribution is -2.59. The third-order valence-electron chi connectivity index (χ3n) is 7.18. The fourth-order valence-electron chi connectivity index (χ4n) is 5.75. The van der Waals surface area contributed by atoms with E-state index in [0.717, 1.165) is 24.8 Å². The molecule has 2 saturated carbocycles. The molecule has 3 aliphatic rings. The van der Waals surface area contributed by atoms with Crippen molar-refractivity contribution in [2.24, 2.45) is 22.7 Å². The molecule has 1 heterocycles. The zero-order chi connectivity index (χ0) is 18.4. The van der Waals surface area contributed by atoms with Crippen LogP contribution in [0.2, 0.25) is 0 Å². The van der Waals surface area contributed by atoms with Gasteiger partial charge in [0.2, 0.25) is 0 Å². The lowest BCUT2D eigenvalue weighted by molar-refractivity contribution is -0.164. The molecule has 0 saturated heterocycles. The fraction of sp³-hybridized carbons (Fsp3) is 0.750. The van der Waals surface area contributed by atoms with E-state index in [2.05, 4.69) is 13.5 Å². The van der Waals surface area contributed by atoms with Crippen molar-refractivity contribution in [3.63, 3.8) is 0 Å². The molecular formula is C20H30O5. The summed E-state index contributed by atoms with van der Waals surface area (Å²) in [5, 5.41) is 31.5. The molecule has 25 heavy (non-hydrogen) atoms. The van der Waals surface area contributed by atoms with Gasteiger partial charge in [0.15, 0.2) is 0 Å². The number of hydrogen-bond donors (Lipinski definition) is 3. The molecule has 0 aromatic heterocycles. The zero-order valence-electron chi connectivity index (χ0n) is 15.2. The van der Waals surface area contributed by atoms with Crippen molar-refractivity contribution in [3.8, 4) is 0 Å². The minimum atomic E-state index is -0.713. The molecule has 3 N–H and O–H groups in total. The highest BCUT2D eigenvalue weighted by atomic mass is 16.5. The summed E-state index contributed by atoms with van der Waals surface area (Å²) >= 11 is 0. The summed E-state index contributed by atoms with van der Waals surface area (Å²) in [7, 11) is 0. The van der Waals surface area contributed by atoms with E-state index in [1.54, 1.807) is 6.08 Å². The minimum absolute atomic E-state index is 0.0683. The SMILES string of the molecule is C=C1CCC2C(C)(CO)C(O)CCC2(C)C1C(O)CC1=CCOC1=O. The highest BCUT2D eigenvalue weighted by molar-refractivity contribution is 5.90. The first kappa shape index (κ1) is 18.6. The average Bonchev–Trinajstić information content (AvgIpc) is 2.96. The van der Waals surface area contributed by atoms with Crippen LogP contribution in [0.1, 0.15) is 46.0 Å². The van der Waals surface area contributed by atoms with Crippen LogP contribution in [0.3, 0.4) is 0 Å².